The Morgan fingerprint density at radius 3 is 2.22 bits per heavy atom. The predicted molar refractivity (Wildman–Crippen MR) is 121 cm³/mol. The molecule has 0 spiro atoms. The van der Waals surface area contributed by atoms with Gasteiger partial charge in [0.05, 0.1) is 6.04 Å². The van der Waals surface area contributed by atoms with E-state index in [0.717, 1.165) is 30.3 Å². The summed E-state index contributed by atoms with van der Waals surface area (Å²) in [7, 11) is 0. The summed E-state index contributed by atoms with van der Waals surface area (Å²) >= 11 is 0. The summed E-state index contributed by atoms with van der Waals surface area (Å²) < 4.78 is 60.7. The summed E-state index contributed by atoms with van der Waals surface area (Å²) in [4.78, 5) is 36.9. The Bertz CT molecular complexity index is 1120. The fourth-order valence-electron chi connectivity index (χ4n) is 3.19. The Balaban J connectivity index is 2.28. The van der Waals surface area contributed by atoms with E-state index in [4.69, 9.17) is 4.74 Å². The number of hydrogen-bond acceptors (Lipinski definition) is 6. The van der Waals surface area contributed by atoms with Crippen molar-refractivity contribution in [3.8, 4) is 5.75 Å². The fraction of sp³-hybridized carbons (Fsp3) is 0.375. The summed E-state index contributed by atoms with van der Waals surface area (Å²) in [5.74, 6) is -4.37. The number of benzene rings is 2. The van der Waals surface area contributed by atoms with Gasteiger partial charge in [-0.1, -0.05) is 30.3 Å². The lowest BCUT2D eigenvalue weighted by Crippen LogP contribution is -2.53. The standard InChI is InChI=1S/C24H26F4N2O7/c1-23(2,3)37-22(35)29-17(12-13-7-4-5-10-16(13)25)19(31)20(32)30-18(21(33)34)14-8-6-9-15(11-14)36-24(26,27)28/h4-11,17-19,31H,12H2,1-3H3,(H,29,35)(H,30,32)(H,33,34)/t17-,18+,19+/m1/s1. The van der Waals surface area contributed by atoms with Crippen molar-refractivity contribution in [3.05, 3.63) is 65.5 Å². The monoisotopic (exact) mass is 530 g/mol. The minimum absolute atomic E-state index is 0.0298. The van der Waals surface area contributed by atoms with Gasteiger partial charge in [0.25, 0.3) is 5.91 Å². The molecule has 37 heavy (non-hydrogen) atoms. The van der Waals surface area contributed by atoms with Crippen molar-refractivity contribution < 1.29 is 51.6 Å². The number of carboxylic acids is 1. The molecule has 2 aromatic rings. The molecule has 0 heterocycles. The molecule has 0 saturated carbocycles. The molecule has 2 aromatic carbocycles. The van der Waals surface area contributed by atoms with Crippen LogP contribution in [-0.2, 0) is 20.7 Å². The molecular weight excluding hydrogens is 504 g/mol. The molecule has 202 valence electrons. The molecule has 13 heteroatoms. The fourth-order valence-corrected chi connectivity index (χ4v) is 3.19. The van der Waals surface area contributed by atoms with E-state index in [0.29, 0.717) is 0 Å². The molecule has 3 atom stereocenters. The molecule has 0 bridgehead atoms. The number of nitrogens with one attached hydrogen (secondary N) is 2. The minimum Gasteiger partial charge on any atom is -0.479 e. The largest absolute Gasteiger partial charge is 0.573 e. The zero-order valence-corrected chi connectivity index (χ0v) is 20.0. The summed E-state index contributed by atoms with van der Waals surface area (Å²) in [6.07, 6.45) is -8.56. The highest BCUT2D eigenvalue weighted by atomic mass is 19.4. The van der Waals surface area contributed by atoms with Crippen LogP contribution >= 0.6 is 0 Å². The lowest BCUT2D eigenvalue weighted by molar-refractivity contribution is -0.274. The lowest BCUT2D eigenvalue weighted by Gasteiger charge is -2.27. The number of aliphatic hydroxyl groups is 1. The van der Waals surface area contributed by atoms with Crippen molar-refractivity contribution in [2.75, 3.05) is 0 Å². The van der Waals surface area contributed by atoms with Gasteiger partial charge in [-0.2, -0.15) is 0 Å². The molecule has 2 rings (SSSR count). The third-order valence-electron chi connectivity index (χ3n) is 4.71. The maximum atomic E-state index is 14.2. The minimum atomic E-state index is -5.04. The van der Waals surface area contributed by atoms with Crippen LogP contribution in [0.5, 0.6) is 5.75 Å². The Hall–Kier alpha value is -3.87. The summed E-state index contributed by atoms with van der Waals surface area (Å²) in [5.41, 5.74) is -1.21. The second kappa shape index (κ2) is 11.9. The van der Waals surface area contributed by atoms with E-state index in [9.17, 15) is 42.2 Å². The molecular formula is C24H26F4N2O7. The number of carbonyl (C=O) groups excluding carboxylic acids is 2. The summed E-state index contributed by atoms with van der Waals surface area (Å²) in [6.45, 7) is 4.70. The van der Waals surface area contributed by atoms with Crippen LogP contribution in [0.3, 0.4) is 0 Å². The zero-order chi connectivity index (χ0) is 28.0. The van der Waals surface area contributed by atoms with Gasteiger partial charge in [-0.3, -0.25) is 4.79 Å². The Kier molecular flexibility index (Phi) is 9.45. The first kappa shape index (κ1) is 29.4. The van der Waals surface area contributed by atoms with Crippen molar-refractivity contribution in [1.29, 1.82) is 0 Å². The van der Waals surface area contributed by atoms with Gasteiger partial charge < -0.3 is 30.3 Å². The van der Waals surface area contributed by atoms with E-state index < -0.39 is 59.7 Å². The highest BCUT2D eigenvalue weighted by molar-refractivity contribution is 5.88. The van der Waals surface area contributed by atoms with Crippen molar-refractivity contribution in [3.63, 3.8) is 0 Å². The number of carboxylic acid groups (broad SMARTS) is 1. The highest BCUT2D eigenvalue weighted by Gasteiger charge is 2.34. The Morgan fingerprint density at radius 1 is 1.00 bits per heavy atom. The second-order valence-corrected chi connectivity index (χ2v) is 8.89. The van der Waals surface area contributed by atoms with Gasteiger partial charge in [-0.05, 0) is 56.5 Å². The predicted octanol–water partition coefficient (Wildman–Crippen LogP) is 3.46. The van der Waals surface area contributed by atoms with Gasteiger partial charge in [0.1, 0.15) is 17.2 Å². The van der Waals surface area contributed by atoms with Crippen molar-refractivity contribution in [1.82, 2.24) is 10.6 Å². The van der Waals surface area contributed by atoms with Gasteiger partial charge in [-0.25, -0.2) is 14.0 Å². The normalized spacial score (nSPS) is 14.2. The molecule has 0 aromatic heterocycles. The maximum Gasteiger partial charge on any atom is 0.573 e. The number of alkyl carbamates (subject to hydrolysis) is 1. The van der Waals surface area contributed by atoms with Crippen LogP contribution in [0.2, 0.25) is 0 Å². The molecule has 0 aliphatic heterocycles. The number of aliphatic carboxylic acids is 1. The number of amides is 2. The number of aliphatic hydroxyl groups excluding tert-OH is 1. The molecule has 0 aliphatic carbocycles. The van der Waals surface area contributed by atoms with Crippen LogP contribution in [0, 0.1) is 5.82 Å². The number of halogens is 4. The third-order valence-corrected chi connectivity index (χ3v) is 4.71. The Labute approximate surface area is 209 Å². The number of ether oxygens (including phenoxy) is 2. The topological polar surface area (TPSA) is 134 Å². The molecule has 0 aliphatic rings. The average molecular weight is 530 g/mol. The Morgan fingerprint density at radius 2 is 1.65 bits per heavy atom. The smallest absolute Gasteiger partial charge is 0.479 e. The SMILES string of the molecule is CC(C)(C)OC(=O)N[C@H](Cc1ccccc1F)[C@H](O)C(=O)N[C@H](C(=O)O)c1cccc(OC(F)(F)F)c1. The van der Waals surface area contributed by atoms with Crippen molar-refractivity contribution >= 4 is 18.0 Å². The van der Waals surface area contributed by atoms with Gasteiger partial charge in [0.2, 0.25) is 0 Å². The molecule has 0 saturated heterocycles. The third kappa shape index (κ3) is 9.60. The maximum absolute atomic E-state index is 14.2. The van der Waals surface area contributed by atoms with Crippen molar-refractivity contribution in [2.45, 2.75) is 57.3 Å². The molecule has 0 unspecified atom stereocenters. The average Bonchev–Trinajstić information content (AvgIpc) is 2.75. The van der Waals surface area contributed by atoms with E-state index in [-0.39, 0.29) is 17.5 Å². The van der Waals surface area contributed by atoms with E-state index in [1.54, 1.807) is 20.8 Å². The quantitative estimate of drug-likeness (QED) is 0.365. The number of hydrogen-bond donors (Lipinski definition) is 4. The van der Waals surface area contributed by atoms with Crippen LogP contribution in [-0.4, -0.2) is 52.3 Å². The molecule has 0 radical (unpaired) electrons. The molecule has 2 amide bonds. The number of alkyl halides is 3. The van der Waals surface area contributed by atoms with E-state index in [1.807, 2.05) is 5.32 Å². The van der Waals surface area contributed by atoms with Crippen LogP contribution < -0.4 is 15.4 Å². The molecule has 0 fully saturated rings. The number of carbonyl (C=O) groups is 3. The molecule has 9 nitrogen and oxygen atoms in total. The first-order valence-electron chi connectivity index (χ1n) is 10.9. The van der Waals surface area contributed by atoms with Crippen LogP contribution in [0.25, 0.3) is 0 Å². The first-order chi connectivity index (χ1) is 17.1. The van der Waals surface area contributed by atoms with E-state index in [2.05, 4.69) is 10.1 Å². The summed E-state index contributed by atoms with van der Waals surface area (Å²) in [5, 5.41) is 24.5. The van der Waals surface area contributed by atoms with Crippen LogP contribution in [0.15, 0.2) is 48.5 Å². The van der Waals surface area contributed by atoms with Gasteiger partial charge in [-0.15, -0.1) is 13.2 Å². The van der Waals surface area contributed by atoms with Crippen LogP contribution in [0.1, 0.15) is 37.9 Å². The van der Waals surface area contributed by atoms with E-state index >= 15 is 0 Å². The van der Waals surface area contributed by atoms with Gasteiger partial charge in [0.15, 0.2) is 12.1 Å². The lowest BCUT2D eigenvalue weighted by atomic mass is 9.99. The first-order valence-corrected chi connectivity index (χ1v) is 10.9. The van der Waals surface area contributed by atoms with Gasteiger partial charge >= 0.3 is 18.4 Å². The van der Waals surface area contributed by atoms with Gasteiger partial charge in [0, 0.05) is 0 Å². The zero-order valence-electron chi connectivity index (χ0n) is 20.0. The summed E-state index contributed by atoms with van der Waals surface area (Å²) in [6, 6.07) is 5.92. The number of rotatable bonds is 9. The highest BCUT2D eigenvalue weighted by Crippen LogP contribution is 2.26. The second-order valence-electron chi connectivity index (χ2n) is 8.89. The van der Waals surface area contributed by atoms with E-state index in [1.165, 1.54) is 18.2 Å². The molecule has 4 N–H and O–H groups in total. The van der Waals surface area contributed by atoms with Crippen molar-refractivity contribution in [2.24, 2.45) is 0 Å². The van der Waals surface area contributed by atoms with Crippen LogP contribution in [0.4, 0.5) is 22.4 Å².